The van der Waals surface area contributed by atoms with Crippen LogP contribution in [0.1, 0.15) is 133 Å². The van der Waals surface area contributed by atoms with Crippen molar-refractivity contribution in [1.82, 2.24) is 10.3 Å². The number of nitrogens with one attached hydrogen (secondary N) is 2. The van der Waals surface area contributed by atoms with E-state index in [-0.39, 0.29) is 0 Å². The molecule has 0 aromatic carbocycles. The maximum absolute atomic E-state index is 7.12. The fourth-order valence-electron chi connectivity index (χ4n) is 6.93. The Kier molecular flexibility index (Phi) is 29.8. The summed E-state index contributed by atoms with van der Waals surface area (Å²) in [6.45, 7) is 40.3. The second-order valence-electron chi connectivity index (χ2n) is 12.8. The molecule has 1 aromatic heterocycles. The smallest absolute Gasteiger partial charge is 0.0737 e. The quantitative estimate of drug-likeness (QED) is 0.174. The maximum Gasteiger partial charge on any atom is 0.0737 e. The Morgan fingerprint density at radius 1 is 0.639 bits per heavy atom. The van der Waals surface area contributed by atoms with Gasteiger partial charge in [-0.1, -0.05) is 186 Å². The molecule has 4 nitrogen and oxygen atoms in total. The molecule has 1 fully saturated rings. The number of nitrogens with two attached hydrogens (primary N) is 1. The van der Waals surface area contributed by atoms with Gasteiger partial charge in [0.15, 0.2) is 0 Å². The van der Waals surface area contributed by atoms with E-state index in [9.17, 15) is 0 Å². The van der Waals surface area contributed by atoms with Gasteiger partial charge in [0.25, 0.3) is 0 Å². The van der Waals surface area contributed by atoms with Crippen molar-refractivity contribution >= 4 is 16.9 Å². The van der Waals surface area contributed by atoms with Gasteiger partial charge in [0.1, 0.15) is 0 Å². The molecule has 1 saturated heterocycles. The SMILES string of the molecule is C=C\C=C/C(=C\C)C1=C2\C=CC(=N2)C(/C(/C=C\CC)=C/C)=C2/CC\C(=C(C(/C=C\C=C)=C/C=C)\CCC\C(N)=C(C(/C=C\C)=C/C=C)\c3ccc\1[nH]3)N2.CC.CC.CC.CC. The molecule has 0 amide bonds. The number of H-pyrrole nitrogens is 1. The van der Waals surface area contributed by atoms with E-state index in [1.165, 1.54) is 17.0 Å². The Bertz CT molecular complexity index is 2040. The second kappa shape index (κ2) is 32.9. The summed E-state index contributed by atoms with van der Waals surface area (Å²) >= 11 is 0. The average Bonchev–Trinajstić information content (AvgIpc) is 4.10. The minimum atomic E-state index is 0.698. The fourth-order valence-corrected chi connectivity index (χ4v) is 6.93. The Labute approximate surface area is 373 Å². The van der Waals surface area contributed by atoms with Gasteiger partial charge in [-0.15, -0.1) is 0 Å². The van der Waals surface area contributed by atoms with Crippen LogP contribution in [0, 0.1) is 0 Å². The van der Waals surface area contributed by atoms with E-state index in [0.717, 1.165) is 99.6 Å². The first-order valence-electron chi connectivity index (χ1n) is 22.7. The third-order valence-corrected chi connectivity index (χ3v) is 9.30. The van der Waals surface area contributed by atoms with Gasteiger partial charge in [-0.2, -0.15) is 0 Å². The molecule has 1 aromatic rings. The predicted molar refractivity (Wildman–Crippen MR) is 278 cm³/mol. The van der Waals surface area contributed by atoms with E-state index in [4.69, 9.17) is 10.7 Å². The van der Waals surface area contributed by atoms with Gasteiger partial charge in [-0.25, -0.2) is 4.99 Å². The van der Waals surface area contributed by atoms with Crippen LogP contribution in [0.4, 0.5) is 0 Å². The Morgan fingerprint density at radius 3 is 1.75 bits per heavy atom. The molecule has 61 heavy (non-hydrogen) atoms. The van der Waals surface area contributed by atoms with Crippen LogP contribution in [0.15, 0.2) is 209 Å². The normalized spacial score (nSPS) is 21.0. The zero-order valence-corrected chi connectivity index (χ0v) is 40.1. The average molecular weight is 821 g/mol. The van der Waals surface area contributed by atoms with Gasteiger partial charge >= 0.3 is 0 Å². The number of aromatic amines is 1. The first-order valence-corrected chi connectivity index (χ1v) is 22.7. The molecule has 3 aliphatic heterocycles. The highest BCUT2D eigenvalue weighted by Crippen LogP contribution is 2.38. The molecule has 0 unspecified atom stereocenters. The van der Waals surface area contributed by atoms with E-state index >= 15 is 0 Å². The number of aromatic nitrogens is 1. The van der Waals surface area contributed by atoms with Gasteiger partial charge < -0.3 is 16.0 Å². The number of hydrogen-bond acceptors (Lipinski definition) is 3. The molecule has 3 aliphatic rings. The lowest BCUT2D eigenvalue weighted by molar-refractivity contribution is 0.788. The van der Waals surface area contributed by atoms with Crippen molar-refractivity contribution in [3.63, 3.8) is 0 Å². The van der Waals surface area contributed by atoms with Crippen molar-refractivity contribution in [3.05, 3.63) is 215 Å². The van der Waals surface area contributed by atoms with Crippen LogP contribution in [-0.4, -0.2) is 10.7 Å². The van der Waals surface area contributed by atoms with Crippen molar-refractivity contribution in [2.75, 3.05) is 0 Å². The summed E-state index contributed by atoms with van der Waals surface area (Å²) in [5.74, 6) is 0. The first-order chi connectivity index (χ1) is 29.9. The van der Waals surface area contributed by atoms with Crippen LogP contribution in [0.5, 0.6) is 0 Å². The largest absolute Gasteiger partial charge is 0.401 e. The molecular weight excluding hydrogens is 741 g/mol. The van der Waals surface area contributed by atoms with Crippen molar-refractivity contribution < 1.29 is 0 Å². The zero-order chi connectivity index (χ0) is 46.2. The van der Waals surface area contributed by atoms with Crippen LogP contribution < -0.4 is 11.1 Å². The third kappa shape index (κ3) is 15.9. The number of aliphatic imine (C=N–C) groups is 1. The van der Waals surface area contributed by atoms with Crippen molar-refractivity contribution in [2.24, 2.45) is 10.7 Å². The van der Waals surface area contributed by atoms with Crippen molar-refractivity contribution in [3.8, 4) is 0 Å². The summed E-state index contributed by atoms with van der Waals surface area (Å²) in [6, 6.07) is 4.26. The summed E-state index contributed by atoms with van der Waals surface area (Å²) in [4.78, 5) is 9.18. The lowest BCUT2D eigenvalue weighted by atomic mass is 9.93. The van der Waals surface area contributed by atoms with Crippen LogP contribution in [-0.2, 0) is 0 Å². The van der Waals surface area contributed by atoms with Gasteiger partial charge in [0, 0.05) is 45.2 Å². The maximum atomic E-state index is 7.12. The number of allylic oxidation sites excluding steroid dienone is 29. The molecular formula is C57H80N4. The summed E-state index contributed by atoms with van der Waals surface area (Å²) in [5.41, 5.74) is 22.6. The van der Waals surface area contributed by atoms with E-state index in [0.29, 0.717) is 6.42 Å². The fraction of sp³-hybridized carbons (Fsp3) is 0.316. The molecule has 4 N–H and O–H groups in total. The van der Waals surface area contributed by atoms with E-state index < -0.39 is 0 Å². The molecule has 0 radical (unpaired) electrons. The van der Waals surface area contributed by atoms with E-state index in [1.54, 1.807) is 6.08 Å². The molecule has 4 heteroatoms. The zero-order valence-electron chi connectivity index (χ0n) is 40.1. The van der Waals surface area contributed by atoms with Crippen LogP contribution in [0.2, 0.25) is 0 Å². The van der Waals surface area contributed by atoms with E-state index in [1.807, 2.05) is 105 Å². The van der Waals surface area contributed by atoms with E-state index in [2.05, 4.69) is 130 Å². The second-order valence-corrected chi connectivity index (χ2v) is 12.8. The molecule has 6 bridgehead atoms. The molecule has 0 atom stereocenters. The lowest BCUT2D eigenvalue weighted by Crippen LogP contribution is -2.14. The molecule has 328 valence electrons. The Balaban J connectivity index is 0.00000424. The molecule has 0 spiro atoms. The lowest BCUT2D eigenvalue weighted by Gasteiger charge is -2.17. The molecule has 0 saturated carbocycles. The van der Waals surface area contributed by atoms with Gasteiger partial charge in [0.2, 0.25) is 0 Å². The Hall–Kier alpha value is -5.87. The van der Waals surface area contributed by atoms with Crippen LogP contribution in [0.25, 0.3) is 11.1 Å². The molecule has 0 aliphatic carbocycles. The molecule has 4 rings (SSSR count). The first kappa shape index (κ1) is 55.1. The highest BCUT2D eigenvalue weighted by Gasteiger charge is 2.26. The Morgan fingerprint density at radius 2 is 1.20 bits per heavy atom. The summed E-state index contributed by atoms with van der Waals surface area (Å²) in [6.07, 6.45) is 41.8. The number of fused-ring (bicyclic) bond motifs is 5. The summed E-state index contributed by atoms with van der Waals surface area (Å²) in [5, 5.41) is 3.93. The van der Waals surface area contributed by atoms with Gasteiger partial charge in [-0.05, 0) is 111 Å². The third-order valence-electron chi connectivity index (χ3n) is 9.30. The topological polar surface area (TPSA) is 66.2 Å². The number of nitrogens with zero attached hydrogens (tertiary/aromatic N) is 1. The van der Waals surface area contributed by atoms with Crippen molar-refractivity contribution in [2.45, 2.75) is 122 Å². The standard InChI is InChI=1S/C49H56N4.4C2H6/c1-9-17-24-35(15-7)48-43-30-29-41(51-43)39(37(21-12-4)26-19-11-3)27-20-28-40(50)47(38(22-13-5)23-14-6)42-31-32-44(52-42)49(36(16-8)25-18-10-2)46-34-33-45(48)53-46;4*1-2/h10-19,21-26,31-34,51-52H,2-5,9,20,27-30,50H2,1,6-8H3;4*1-2H3/b23-14-,24-17-,25-18-,26-19-,35-15+,36-16+,37-21+,38-22+,41-39+,47-40-,48-43-,49-46-;;;;. The number of hydrogen-bond donors (Lipinski definition) is 3. The highest BCUT2D eigenvalue weighted by molar-refractivity contribution is 6.15. The van der Waals surface area contributed by atoms with Crippen molar-refractivity contribution in [1.29, 1.82) is 0 Å². The number of rotatable bonds is 13. The van der Waals surface area contributed by atoms with Crippen LogP contribution in [0.3, 0.4) is 0 Å². The minimum absolute atomic E-state index is 0.698. The monoisotopic (exact) mass is 821 g/mol. The summed E-state index contributed by atoms with van der Waals surface area (Å²) in [7, 11) is 0. The molecule has 4 heterocycles. The van der Waals surface area contributed by atoms with Crippen LogP contribution >= 0.6 is 0 Å². The minimum Gasteiger partial charge on any atom is -0.401 e. The highest BCUT2D eigenvalue weighted by atomic mass is 14.9. The van der Waals surface area contributed by atoms with Gasteiger partial charge in [0.05, 0.1) is 11.4 Å². The van der Waals surface area contributed by atoms with Gasteiger partial charge in [-0.3, -0.25) is 0 Å². The predicted octanol–water partition coefficient (Wildman–Crippen LogP) is 16.7. The summed E-state index contributed by atoms with van der Waals surface area (Å²) < 4.78 is 0.